The fourth-order valence-electron chi connectivity index (χ4n) is 4.36. The van der Waals surface area contributed by atoms with Crippen molar-refractivity contribution in [2.45, 2.75) is 51.0 Å². The van der Waals surface area contributed by atoms with Crippen LogP contribution in [0.4, 0.5) is 10.5 Å². The normalized spacial score (nSPS) is 25.7. The van der Waals surface area contributed by atoms with Gasteiger partial charge in [0.25, 0.3) is 0 Å². The first-order chi connectivity index (χ1) is 16.0. The van der Waals surface area contributed by atoms with Gasteiger partial charge in [0, 0.05) is 43.9 Å². The summed E-state index contributed by atoms with van der Waals surface area (Å²) >= 11 is 0. The summed E-state index contributed by atoms with van der Waals surface area (Å²) in [4.78, 5) is 14.0. The summed E-state index contributed by atoms with van der Waals surface area (Å²) in [7, 11) is 0. The SMILES string of the molecule is CCNC(=O)Nc1ccc([C@@H]2O[C@H](CN3CC[C@H](O)C3)C[C@H](c3ccc(CO)cc3)O2)cc1. The van der Waals surface area contributed by atoms with Crippen molar-refractivity contribution in [3.63, 3.8) is 0 Å². The highest BCUT2D eigenvalue weighted by molar-refractivity contribution is 5.89. The highest BCUT2D eigenvalue weighted by Crippen LogP contribution is 2.38. The highest BCUT2D eigenvalue weighted by atomic mass is 16.7. The van der Waals surface area contributed by atoms with Crippen LogP contribution in [0.3, 0.4) is 0 Å². The predicted octanol–water partition coefficient (Wildman–Crippen LogP) is 2.93. The molecule has 4 rings (SSSR count). The number of benzene rings is 2. The van der Waals surface area contributed by atoms with Crippen molar-refractivity contribution in [2.24, 2.45) is 0 Å². The maximum absolute atomic E-state index is 11.8. The first-order valence-corrected chi connectivity index (χ1v) is 11.6. The molecule has 0 aliphatic carbocycles. The van der Waals surface area contributed by atoms with Gasteiger partial charge in [-0.3, -0.25) is 4.90 Å². The van der Waals surface area contributed by atoms with Crippen LogP contribution >= 0.6 is 0 Å². The molecule has 2 aliphatic rings. The number of β-amino-alcohol motifs (C(OH)–C–C–N with tert-alkyl or cyclic N) is 1. The summed E-state index contributed by atoms with van der Waals surface area (Å²) in [5.74, 6) is 0. The van der Waals surface area contributed by atoms with Gasteiger partial charge in [-0.2, -0.15) is 0 Å². The molecule has 2 amide bonds. The van der Waals surface area contributed by atoms with Gasteiger partial charge in [-0.1, -0.05) is 36.4 Å². The number of aliphatic hydroxyl groups is 2. The Hall–Kier alpha value is -2.49. The fourth-order valence-corrected chi connectivity index (χ4v) is 4.36. The molecule has 2 aromatic carbocycles. The van der Waals surface area contributed by atoms with Crippen LogP contribution in [-0.2, 0) is 16.1 Å². The summed E-state index contributed by atoms with van der Waals surface area (Å²) in [6, 6.07) is 15.1. The van der Waals surface area contributed by atoms with Gasteiger partial charge in [-0.05, 0) is 36.6 Å². The average molecular weight is 456 g/mol. The minimum atomic E-state index is -0.544. The monoisotopic (exact) mass is 455 g/mol. The molecule has 2 fully saturated rings. The third kappa shape index (κ3) is 6.31. The van der Waals surface area contributed by atoms with Crippen LogP contribution in [-0.4, -0.2) is 59.5 Å². The smallest absolute Gasteiger partial charge is 0.319 e. The van der Waals surface area contributed by atoms with Crippen LogP contribution in [0.2, 0.25) is 0 Å². The average Bonchev–Trinajstić information content (AvgIpc) is 3.24. The minimum absolute atomic E-state index is 0.00805. The standard InChI is InChI=1S/C25H33N3O5/c1-2-26-25(31)27-20-9-7-19(8-10-20)24-32-22(15-28-12-11-21(30)14-28)13-23(33-24)18-5-3-17(16-29)4-6-18/h3-10,21-24,29-30H,2,11-16H2,1H3,(H2,26,27,31)/t21-,22-,23+,24+/m0/s1. The molecule has 4 N–H and O–H groups in total. The van der Waals surface area contributed by atoms with Crippen molar-refractivity contribution < 1.29 is 24.5 Å². The van der Waals surface area contributed by atoms with Crippen LogP contribution in [0.5, 0.6) is 0 Å². The second kappa shape index (κ2) is 11.1. The molecule has 2 aliphatic heterocycles. The van der Waals surface area contributed by atoms with E-state index in [0.717, 1.165) is 36.2 Å². The quantitative estimate of drug-likeness (QED) is 0.512. The Morgan fingerprint density at radius 2 is 1.82 bits per heavy atom. The topological polar surface area (TPSA) is 103 Å². The summed E-state index contributed by atoms with van der Waals surface area (Å²) < 4.78 is 12.7. The van der Waals surface area contributed by atoms with E-state index in [9.17, 15) is 15.0 Å². The molecule has 2 aromatic rings. The molecular weight excluding hydrogens is 422 g/mol. The Morgan fingerprint density at radius 3 is 2.45 bits per heavy atom. The van der Waals surface area contributed by atoms with Crippen LogP contribution in [0.15, 0.2) is 48.5 Å². The number of urea groups is 1. The molecular formula is C25H33N3O5. The molecule has 8 nitrogen and oxygen atoms in total. The van der Waals surface area contributed by atoms with Crippen LogP contribution in [0.1, 0.15) is 48.8 Å². The number of hydrogen-bond acceptors (Lipinski definition) is 6. The lowest BCUT2D eigenvalue weighted by Gasteiger charge is -2.37. The zero-order chi connectivity index (χ0) is 23.2. The summed E-state index contributed by atoms with van der Waals surface area (Å²) in [5, 5.41) is 24.8. The van der Waals surface area contributed by atoms with E-state index in [1.807, 2.05) is 55.5 Å². The molecule has 4 atom stereocenters. The second-order valence-electron chi connectivity index (χ2n) is 8.66. The number of hydrogen-bond donors (Lipinski definition) is 4. The van der Waals surface area contributed by atoms with Crippen LogP contribution < -0.4 is 10.6 Å². The van der Waals surface area contributed by atoms with Crippen molar-refractivity contribution in [2.75, 3.05) is 31.5 Å². The third-order valence-corrected chi connectivity index (χ3v) is 6.10. The van der Waals surface area contributed by atoms with Gasteiger partial charge in [0.2, 0.25) is 0 Å². The number of amides is 2. The van der Waals surface area contributed by atoms with Crippen molar-refractivity contribution in [3.8, 4) is 0 Å². The number of ether oxygens (including phenoxy) is 2. The lowest BCUT2D eigenvalue weighted by atomic mass is 9.99. The van der Waals surface area contributed by atoms with Gasteiger partial charge in [-0.15, -0.1) is 0 Å². The molecule has 0 unspecified atom stereocenters. The van der Waals surface area contributed by atoms with E-state index < -0.39 is 6.29 Å². The van der Waals surface area contributed by atoms with Crippen LogP contribution in [0, 0.1) is 0 Å². The van der Waals surface area contributed by atoms with E-state index in [1.54, 1.807) is 0 Å². The van der Waals surface area contributed by atoms with E-state index in [1.165, 1.54) is 0 Å². The van der Waals surface area contributed by atoms with Crippen molar-refractivity contribution in [3.05, 3.63) is 65.2 Å². The van der Waals surface area contributed by atoms with Crippen molar-refractivity contribution >= 4 is 11.7 Å². The molecule has 8 heteroatoms. The van der Waals surface area contributed by atoms with Gasteiger partial charge < -0.3 is 30.3 Å². The van der Waals surface area contributed by atoms with Gasteiger partial charge in [-0.25, -0.2) is 4.79 Å². The third-order valence-electron chi connectivity index (χ3n) is 6.10. The first kappa shape index (κ1) is 23.7. The minimum Gasteiger partial charge on any atom is -0.392 e. The van der Waals surface area contributed by atoms with Gasteiger partial charge in [0.15, 0.2) is 6.29 Å². The molecule has 33 heavy (non-hydrogen) atoms. The molecule has 178 valence electrons. The Kier molecular flexibility index (Phi) is 7.95. The number of likely N-dealkylation sites (tertiary alicyclic amines) is 1. The molecule has 0 saturated carbocycles. The summed E-state index contributed by atoms with van der Waals surface area (Å²) in [6.45, 7) is 4.70. The molecule has 0 radical (unpaired) electrons. The van der Waals surface area contributed by atoms with Crippen molar-refractivity contribution in [1.29, 1.82) is 0 Å². The molecule has 0 spiro atoms. The fraction of sp³-hybridized carbons (Fsp3) is 0.480. The molecule has 0 aromatic heterocycles. The largest absolute Gasteiger partial charge is 0.392 e. The maximum atomic E-state index is 11.8. The van der Waals surface area contributed by atoms with Gasteiger partial charge in [0.05, 0.1) is 24.9 Å². The molecule has 2 saturated heterocycles. The predicted molar refractivity (Wildman–Crippen MR) is 125 cm³/mol. The maximum Gasteiger partial charge on any atom is 0.319 e. The zero-order valence-corrected chi connectivity index (χ0v) is 18.9. The molecule has 2 heterocycles. The van der Waals surface area contributed by atoms with Gasteiger partial charge >= 0.3 is 6.03 Å². The second-order valence-corrected chi connectivity index (χ2v) is 8.66. The Bertz CT molecular complexity index is 905. The van der Waals surface area contributed by atoms with E-state index in [2.05, 4.69) is 15.5 Å². The lowest BCUT2D eigenvalue weighted by Crippen LogP contribution is -2.38. The highest BCUT2D eigenvalue weighted by Gasteiger charge is 2.34. The van der Waals surface area contributed by atoms with E-state index in [0.29, 0.717) is 25.2 Å². The zero-order valence-electron chi connectivity index (χ0n) is 18.9. The summed E-state index contributed by atoms with van der Waals surface area (Å²) in [5.41, 5.74) is 3.47. The van der Waals surface area contributed by atoms with Crippen LogP contribution in [0.25, 0.3) is 0 Å². The number of aliphatic hydroxyl groups excluding tert-OH is 2. The Labute approximate surface area is 194 Å². The Morgan fingerprint density at radius 1 is 1.09 bits per heavy atom. The number of anilines is 1. The van der Waals surface area contributed by atoms with Gasteiger partial charge in [0.1, 0.15) is 0 Å². The Balaban J connectivity index is 1.49. The first-order valence-electron chi connectivity index (χ1n) is 11.6. The van der Waals surface area contributed by atoms with E-state index >= 15 is 0 Å². The lowest BCUT2D eigenvalue weighted by molar-refractivity contribution is -0.252. The number of carbonyl (C=O) groups is 1. The number of nitrogens with one attached hydrogen (secondary N) is 2. The van der Waals surface area contributed by atoms with E-state index in [4.69, 9.17) is 9.47 Å². The molecule has 0 bridgehead atoms. The number of rotatable bonds is 7. The number of carbonyl (C=O) groups excluding carboxylic acids is 1. The van der Waals surface area contributed by atoms with Crippen molar-refractivity contribution in [1.82, 2.24) is 10.2 Å². The summed E-state index contributed by atoms with van der Waals surface area (Å²) in [6.07, 6.45) is 0.480. The van der Waals surface area contributed by atoms with E-state index in [-0.39, 0.29) is 30.9 Å². The number of nitrogens with zero attached hydrogens (tertiary/aromatic N) is 1.